The summed E-state index contributed by atoms with van der Waals surface area (Å²) >= 11 is 0. The lowest BCUT2D eigenvalue weighted by atomic mass is 9.94. The molecule has 110 valence electrons. The van der Waals surface area contributed by atoms with Gasteiger partial charge in [0.2, 0.25) is 0 Å². The molecule has 0 saturated heterocycles. The maximum absolute atomic E-state index is 4.43. The Labute approximate surface area is 134 Å². The average molecular weight is 297 g/mol. The molecule has 0 fully saturated rings. The highest BCUT2D eigenvalue weighted by molar-refractivity contribution is 6.33. The van der Waals surface area contributed by atoms with Crippen LogP contribution in [0.1, 0.15) is 11.1 Å². The first-order valence-electron chi connectivity index (χ1n) is 7.74. The van der Waals surface area contributed by atoms with Gasteiger partial charge in [0.05, 0.1) is 0 Å². The van der Waals surface area contributed by atoms with Crippen LogP contribution in [0, 0.1) is 0 Å². The summed E-state index contributed by atoms with van der Waals surface area (Å²) in [5.41, 5.74) is 7.54. The predicted molar refractivity (Wildman–Crippen MR) is 96.4 cm³/mol. The Kier molecular flexibility index (Phi) is 2.35. The molecule has 0 spiro atoms. The van der Waals surface area contributed by atoms with E-state index in [2.05, 4.69) is 63.8 Å². The molecule has 3 nitrogen and oxygen atoms in total. The van der Waals surface area contributed by atoms with E-state index in [1.54, 1.807) is 0 Å². The van der Waals surface area contributed by atoms with Gasteiger partial charge in [-0.2, -0.15) is 0 Å². The highest BCUT2D eigenvalue weighted by Gasteiger charge is 2.30. The molecule has 2 aliphatic rings. The number of fused-ring (bicyclic) bond motifs is 5. The normalized spacial score (nSPS) is 17.7. The van der Waals surface area contributed by atoms with Crippen LogP contribution in [0.2, 0.25) is 0 Å². The Hall–Kier alpha value is -2.94. The Morgan fingerprint density at radius 2 is 1.39 bits per heavy atom. The molecule has 3 aromatic rings. The van der Waals surface area contributed by atoms with Gasteiger partial charge in [-0.25, -0.2) is 0 Å². The van der Waals surface area contributed by atoms with Gasteiger partial charge in [0, 0.05) is 25.2 Å². The summed E-state index contributed by atoms with van der Waals surface area (Å²) in [4.78, 5) is 8.84. The van der Waals surface area contributed by atoms with Crippen LogP contribution in [0.4, 0.5) is 0 Å². The van der Waals surface area contributed by atoms with Crippen molar-refractivity contribution in [3.8, 4) is 22.3 Å². The van der Waals surface area contributed by atoms with Crippen LogP contribution in [0.25, 0.3) is 33.0 Å². The standard InChI is InChI=1S/C20H15N3/c1-21-19-16-10-15-12-7-4-3-6-11(12)13-8-5-9-14(17(13)15)18(16)20(22-2)23-19/h3-10H,1-2H3,(H,21,22,23). The molecule has 0 atom stereocenters. The molecule has 1 aliphatic carbocycles. The van der Waals surface area contributed by atoms with Gasteiger partial charge in [-0.15, -0.1) is 0 Å². The lowest BCUT2D eigenvalue weighted by molar-refractivity contribution is 1.29. The molecule has 0 aromatic heterocycles. The molecule has 0 amide bonds. The highest BCUT2D eigenvalue weighted by Crippen LogP contribution is 2.49. The summed E-state index contributed by atoms with van der Waals surface area (Å²) in [5, 5.41) is 5.92. The zero-order valence-electron chi connectivity index (χ0n) is 13.0. The topological polar surface area (TPSA) is 36.8 Å². The predicted octanol–water partition coefficient (Wildman–Crippen LogP) is 3.84. The van der Waals surface area contributed by atoms with Crippen LogP contribution < -0.4 is 5.32 Å². The summed E-state index contributed by atoms with van der Waals surface area (Å²) in [6.45, 7) is 0. The van der Waals surface area contributed by atoms with Crippen molar-refractivity contribution >= 4 is 22.4 Å². The zero-order chi connectivity index (χ0) is 15.6. The van der Waals surface area contributed by atoms with Crippen molar-refractivity contribution in [2.75, 3.05) is 14.1 Å². The summed E-state index contributed by atoms with van der Waals surface area (Å²) in [5.74, 6) is 1.80. The largest absolute Gasteiger partial charge is 0.325 e. The Balaban J connectivity index is 2.01. The molecule has 0 unspecified atom stereocenters. The lowest BCUT2D eigenvalue weighted by Gasteiger charge is -2.08. The number of hydrogen-bond donors (Lipinski definition) is 1. The molecule has 23 heavy (non-hydrogen) atoms. The lowest BCUT2D eigenvalue weighted by Crippen LogP contribution is -2.22. The van der Waals surface area contributed by atoms with E-state index in [-0.39, 0.29) is 0 Å². The van der Waals surface area contributed by atoms with Gasteiger partial charge in [-0.3, -0.25) is 9.98 Å². The van der Waals surface area contributed by atoms with Gasteiger partial charge in [0.25, 0.3) is 0 Å². The number of rotatable bonds is 0. The molecule has 3 heteroatoms. The third-order valence-corrected chi connectivity index (χ3v) is 4.84. The maximum atomic E-state index is 4.43. The molecule has 5 rings (SSSR count). The zero-order valence-corrected chi connectivity index (χ0v) is 13.0. The average Bonchev–Trinajstić information content (AvgIpc) is 3.13. The fourth-order valence-electron chi connectivity index (χ4n) is 3.90. The van der Waals surface area contributed by atoms with Crippen LogP contribution in [-0.4, -0.2) is 25.8 Å². The minimum atomic E-state index is 0.897. The van der Waals surface area contributed by atoms with E-state index in [0.717, 1.165) is 17.2 Å². The van der Waals surface area contributed by atoms with Crippen LogP contribution >= 0.6 is 0 Å². The quantitative estimate of drug-likeness (QED) is 0.526. The van der Waals surface area contributed by atoms with E-state index in [0.29, 0.717) is 0 Å². The first-order valence-corrected chi connectivity index (χ1v) is 7.74. The van der Waals surface area contributed by atoms with Gasteiger partial charge in [0.1, 0.15) is 11.7 Å². The number of nitrogens with one attached hydrogen (secondary N) is 1. The Morgan fingerprint density at radius 3 is 2.13 bits per heavy atom. The first kappa shape index (κ1) is 12.6. The Bertz CT molecular complexity index is 1060. The van der Waals surface area contributed by atoms with Gasteiger partial charge < -0.3 is 5.32 Å². The molecule has 0 radical (unpaired) electrons. The second kappa shape index (κ2) is 4.29. The third-order valence-electron chi connectivity index (χ3n) is 4.84. The van der Waals surface area contributed by atoms with Gasteiger partial charge in [-0.1, -0.05) is 42.5 Å². The number of benzene rings is 3. The van der Waals surface area contributed by atoms with E-state index in [9.17, 15) is 0 Å². The number of nitrogens with zero attached hydrogens (tertiary/aromatic N) is 2. The molecule has 1 N–H and O–H groups in total. The summed E-state index contributed by atoms with van der Waals surface area (Å²) < 4.78 is 0. The molecular formula is C20H15N3. The molecule has 0 saturated carbocycles. The monoisotopic (exact) mass is 297 g/mol. The van der Waals surface area contributed by atoms with Crippen LogP contribution in [0.15, 0.2) is 58.5 Å². The van der Waals surface area contributed by atoms with Crippen molar-refractivity contribution in [2.24, 2.45) is 9.98 Å². The third kappa shape index (κ3) is 1.44. The smallest absolute Gasteiger partial charge is 0.135 e. The van der Waals surface area contributed by atoms with Crippen LogP contribution in [0.5, 0.6) is 0 Å². The van der Waals surface area contributed by atoms with Gasteiger partial charge >= 0.3 is 0 Å². The first-order chi connectivity index (χ1) is 11.3. The molecule has 0 bridgehead atoms. The highest BCUT2D eigenvalue weighted by atomic mass is 15.1. The van der Waals surface area contributed by atoms with Crippen molar-refractivity contribution in [3.63, 3.8) is 0 Å². The van der Waals surface area contributed by atoms with Gasteiger partial charge in [-0.05, 0) is 39.1 Å². The van der Waals surface area contributed by atoms with E-state index < -0.39 is 0 Å². The molecule has 1 heterocycles. The van der Waals surface area contributed by atoms with Crippen molar-refractivity contribution in [1.82, 2.24) is 5.32 Å². The number of hydrogen-bond acceptors (Lipinski definition) is 2. The summed E-state index contributed by atoms with van der Waals surface area (Å²) in [6, 6.07) is 17.4. The Morgan fingerprint density at radius 1 is 0.696 bits per heavy atom. The van der Waals surface area contributed by atoms with Crippen molar-refractivity contribution in [2.45, 2.75) is 0 Å². The maximum Gasteiger partial charge on any atom is 0.135 e. The van der Waals surface area contributed by atoms with E-state index >= 15 is 0 Å². The van der Waals surface area contributed by atoms with E-state index in [4.69, 9.17) is 0 Å². The van der Waals surface area contributed by atoms with Crippen molar-refractivity contribution < 1.29 is 0 Å². The molecule has 3 aromatic carbocycles. The SMILES string of the molecule is C/N=C1\N/C(=N\C)c2c1cc1c3c(cccc23)-c2ccccc2-1. The fourth-order valence-corrected chi connectivity index (χ4v) is 3.90. The van der Waals surface area contributed by atoms with Crippen LogP contribution in [-0.2, 0) is 0 Å². The van der Waals surface area contributed by atoms with Crippen molar-refractivity contribution in [3.05, 3.63) is 59.7 Å². The van der Waals surface area contributed by atoms with Gasteiger partial charge in [0.15, 0.2) is 0 Å². The summed E-state index contributed by atoms with van der Waals surface area (Å²) in [7, 11) is 3.64. The second-order valence-corrected chi connectivity index (χ2v) is 5.89. The fraction of sp³-hybridized carbons (Fsp3) is 0.100. The minimum absolute atomic E-state index is 0.897. The minimum Gasteiger partial charge on any atom is -0.325 e. The molecule has 1 aliphatic heterocycles. The van der Waals surface area contributed by atoms with E-state index in [1.807, 2.05) is 14.1 Å². The molecular weight excluding hydrogens is 282 g/mol. The van der Waals surface area contributed by atoms with Crippen molar-refractivity contribution in [1.29, 1.82) is 0 Å². The number of amidine groups is 2. The summed E-state index contributed by atoms with van der Waals surface area (Å²) in [6.07, 6.45) is 0. The second-order valence-electron chi connectivity index (χ2n) is 5.89. The number of aliphatic imine (C=N–C) groups is 2. The van der Waals surface area contributed by atoms with E-state index in [1.165, 1.54) is 38.6 Å². The van der Waals surface area contributed by atoms with Crippen LogP contribution in [0.3, 0.4) is 0 Å².